The number of carboxylic acid groups (broad SMARTS) is 1. The summed E-state index contributed by atoms with van der Waals surface area (Å²) in [5.74, 6) is 0.195. The molecular weight excluding hydrogens is 302 g/mol. The molecule has 2 heterocycles. The van der Waals surface area contributed by atoms with Crippen LogP contribution in [-0.2, 0) is 0 Å². The number of benzene rings is 1. The van der Waals surface area contributed by atoms with E-state index in [1.54, 1.807) is 12.1 Å². The molecule has 0 fully saturated rings. The minimum Gasteiger partial charge on any atom is -0.449 e. The Morgan fingerprint density at radius 2 is 2.17 bits per heavy atom. The molecular formula is C14H13N5O4. The first kappa shape index (κ1) is 14.6. The fourth-order valence-corrected chi connectivity index (χ4v) is 2.22. The Morgan fingerprint density at radius 3 is 2.87 bits per heavy atom. The van der Waals surface area contributed by atoms with Crippen LogP contribution in [0.15, 0.2) is 35.4 Å². The molecule has 23 heavy (non-hydrogen) atoms. The van der Waals surface area contributed by atoms with Gasteiger partial charge < -0.3 is 14.7 Å². The monoisotopic (exact) mass is 315 g/mol. The molecule has 0 bridgehead atoms. The van der Waals surface area contributed by atoms with E-state index in [4.69, 9.17) is 5.11 Å². The van der Waals surface area contributed by atoms with Crippen molar-refractivity contribution < 1.29 is 14.6 Å². The molecule has 1 aromatic carbocycles. The number of carbonyl (C=O) groups is 1. The largest absolute Gasteiger partial charge is 0.511 e. The molecule has 0 atom stereocenters. The van der Waals surface area contributed by atoms with Crippen LogP contribution >= 0.6 is 0 Å². The molecule has 0 spiro atoms. The molecule has 0 saturated carbocycles. The van der Waals surface area contributed by atoms with Gasteiger partial charge in [-0.25, -0.2) is 14.5 Å². The van der Waals surface area contributed by atoms with Crippen LogP contribution in [0.3, 0.4) is 0 Å². The Kier molecular flexibility index (Phi) is 3.45. The van der Waals surface area contributed by atoms with Gasteiger partial charge in [-0.1, -0.05) is 6.07 Å². The van der Waals surface area contributed by atoms with Crippen molar-refractivity contribution in [2.45, 2.75) is 0 Å². The number of hydrogen-bond donors (Lipinski definition) is 2. The van der Waals surface area contributed by atoms with Gasteiger partial charge in [0.2, 0.25) is 5.95 Å². The zero-order chi connectivity index (χ0) is 16.6. The summed E-state index contributed by atoms with van der Waals surface area (Å²) in [6, 6.07) is 5.35. The molecule has 9 heteroatoms. The molecule has 0 aliphatic rings. The van der Waals surface area contributed by atoms with Gasteiger partial charge in [0.05, 0.1) is 29.0 Å². The number of rotatable bonds is 3. The first-order valence-electron chi connectivity index (χ1n) is 6.62. The Hall–Kier alpha value is -3.36. The molecule has 0 unspecified atom stereocenters. The van der Waals surface area contributed by atoms with E-state index in [9.17, 15) is 9.59 Å². The summed E-state index contributed by atoms with van der Waals surface area (Å²) in [6.07, 6.45) is 1.09. The molecule has 9 nitrogen and oxygen atoms in total. The third-order valence-electron chi connectivity index (χ3n) is 3.16. The average molecular weight is 315 g/mol. The Balaban J connectivity index is 2.12. The predicted octanol–water partition coefficient (Wildman–Crippen LogP) is 1.23. The van der Waals surface area contributed by atoms with Crippen LogP contribution in [0.4, 0.5) is 10.5 Å². The number of aromatic nitrogens is 4. The maximum Gasteiger partial charge on any atom is 0.511 e. The highest BCUT2D eigenvalue weighted by molar-refractivity contribution is 5.91. The molecule has 3 aromatic rings. The number of nitrogens with one attached hydrogen (secondary N) is 1. The number of H-pyrrole nitrogens is 1. The fourth-order valence-electron chi connectivity index (χ4n) is 2.22. The summed E-state index contributed by atoms with van der Waals surface area (Å²) < 4.78 is 5.73. The highest BCUT2D eigenvalue weighted by atomic mass is 16.7. The molecule has 2 N–H and O–H groups in total. The smallest absolute Gasteiger partial charge is 0.449 e. The van der Waals surface area contributed by atoms with E-state index in [-0.39, 0.29) is 17.3 Å². The SMILES string of the molecule is CN(C)c1cccc2nc(-n3cc(OC(=O)O)cn3)[nH]c(=O)c12. The third kappa shape index (κ3) is 2.71. The van der Waals surface area contributed by atoms with Gasteiger partial charge in [-0.05, 0) is 12.1 Å². The highest BCUT2D eigenvalue weighted by Gasteiger charge is 2.12. The summed E-state index contributed by atoms with van der Waals surface area (Å²) in [7, 11) is 3.68. The van der Waals surface area contributed by atoms with Gasteiger partial charge in [-0.15, -0.1) is 0 Å². The van der Waals surface area contributed by atoms with Crippen LogP contribution in [0, 0.1) is 0 Å². The topological polar surface area (TPSA) is 113 Å². The van der Waals surface area contributed by atoms with E-state index >= 15 is 0 Å². The number of ether oxygens (including phenoxy) is 1. The van der Waals surface area contributed by atoms with Crippen molar-refractivity contribution in [1.29, 1.82) is 0 Å². The van der Waals surface area contributed by atoms with Gasteiger partial charge >= 0.3 is 6.16 Å². The van der Waals surface area contributed by atoms with Crippen molar-refractivity contribution >= 4 is 22.7 Å². The van der Waals surface area contributed by atoms with Crippen LogP contribution in [0.5, 0.6) is 5.75 Å². The lowest BCUT2D eigenvalue weighted by Gasteiger charge is -2.14. The number of aromatic amines is 1. The average Bonchev–Trinajstić information content (AvgIpc) is 2.94. The summed E-state index contributed by atoms with van der Waals surface area (Å²) in [5.41, 5.74) is 0.940. The second-order valence-corrected chi connectivity index (χ2v) is 4.94. The summed E-state index contributed by atoms with van der Waals surface area (Å²) in [4.78, 5) is 31.7. The van der Waals surface area contributed by atoms with Crippen LogP contribution < -0.4 is 15.2 Å². The molecule has 0 aliphatic carbocycles. The second-order valence-electron chi connectivity index (χ2n) is 4.94. The van der Waals surface area contributed by atoms with Gasteiger partial charge in [0, 0.05) is 14.1 Å². The Bertz CT molecular complexity index is 944. The first-order chi connectivity index (χ1) is 11.0. The number of fused-ring (bicyclic) bond motifs is 1. The van der Waals surface area contributed by atoms with E-state index < -0.39 is 6.16 Å². The highest BCUT2D eigenvalue weighted by Crippen LogP contribution is 2.21. The van der Waals surface area contributed by atoms with Crippen LogP contribution in [-0.4, -0.2) is 45.1 Å². The van der Waals surface area contributed by atoms with Crippen LogP contribution in [0.1, 0.15) is 0 Å². The van der Waals surface area contributed by atoms with Gasteiger partial charge in [-0.2, -0.15) is 5.10 Å². The van der Waals surface area contributed by atoms with Crippen molar-refractivity contribution in [1.82, 2.24) is 19.7 Å². The maximum absolute atomic E-state index is 12.4. The Labute approximate surface area is 129 Å². The van der Waals surface area contributed by atoms with Gasteiger partial charge in [0.1, 0.15) is 0 Å². The van der Waals surface area contributed by atoms with Crippen molar-refractivity contribution in [2.24, 2.45) is 0 Å². The third-order valence-corrected chi connectivity index (χ3v) is 3.16. The lowest BCUT2D eigenvalue weighted by molar-refractivity contribution is 0.144. The molecule has 0 radical (unpaired) electrons. The van der Waals surface area contributed by atoms with Crippen molar-refractivity contribution in [3.8, 4) is 11.7 Å². The predicted molar refractivity (Wildman–Crippen MR) is 82.5 cm³/mol. The van der Waals surface area contributed by atoms with Gasteiger partial charge in [0.15, 0.2) is 5.75 Å². The minimum absolute atomic E-state index is 0.0299. The zero-order valence-electron chi connectivity index (χ0n) is 12.3. The van der Waals surface area contributed by atoms with E-state index in [1.807, 2.05) is 25.1 Å². The number of hydrogen-bond acceptors (Lipinski definition) is 6. The summed E-state index contributed by atoms with van der Waals surface area (Å²) in [5, 5.41) is 13.0. The summed E-state index contributed by atoms with van der Waals surface area (Å²) >= 11 is 0. The molecule has 2 aromatic heterocycles. The van der Waals surface area contributed by atoms with E-state index in [2.05, 4.69) is 19.8 Å². The standard InChI is InChI=1S/C14H13N5O4/c1-18(2)10-5-3-4-9-11(10)12(20)17-13(16-9)19-7-8(6-15-19)23-14(21)22/h3-7H,1-2H3,(H,21,22)(H,16,17,20). The lowest BCUT2D eigenvalue weighted by Crippen LogP contribution is -2.18. The molecule has 0 saturated heterocycles. The van der Waals surface area contributed by atoms with Crippen molar-refractivity contribution in [3.05, 3.63) is 40.9 Å². The molecule has 3 rings (SSSR count). The Morgan fingerprint density at radius 1 is 1.39 bits per heavy atom. The van der Waals surface area contributed by atoms with Crippen molar-refractivity contribution in [3.63, 3.8) is 0 Å². The zero-order valence-corrected chi connectivity index (χ0v) is 12.3. The van der Waals surface area contributed by atoms with E-state index in [0.717, 1.165) is 5.69 Å². The quantitative estimate of drug-likeness (QED) is 0.699. The van der Waals surface area contributed by atoms with E-state index in [0.29, 0.717) is 10.9 Å². The van der Waals surface area contributed by atoms with Gasteiger partial charge in [0.25, 0.3) is 5.56 Å². The second kappa shape index (κ2) is 5.44. The molecule has 118 valence electrons. The minimum atomic E-state index is -1.44. The van der Waals surface area contributed by atoms with Crippen LogP contribution in [0.2, 0.25) is 0 Å². The molecule has 0 aliphatic heterocycles. The van der Waals surface area contributed by atoms with Gasteiger partial charge in [-0.3, -0.25) is 9.78 Å². The number of nitrogens with zero attached hydrogens (tertiary/aromatic N) is 4. The number of anilines is 1. The maximum atomic E-state index is 12.4. The lowest BCUT2D eigenvalue weighted by atomic mass is 10.2. The normalized spacial score (nSPS) is 10.7. The summed E-state index contributed by atoms with van der Waals surface area (Å²) in [6.45, 7) is 0. The van der Waals surface area contributed by atoms with E-state index in [1.165, 1.54) is 17.1 Å². The first-order valence-corrected chi connectivity index (χ1v) is 6.62. The fraction of sp³-hybridized carbons (Fsp3) is 0.143. The van der Waals surface area contributed by atoms with Crippen molar-refractivity contribution in [2.75, 3.05) is 19.0 Å². The molecule has 0 amide bonds. The van der Waals surface area contributed by atoms with Crippen LogP contribution in [0.25, 0.3) is 16.9 Å².